The maximum absolute atomic E-state index is 6.53. The zero-order valence-corrected chi connectivity index (χ0v) is 17.4. The number of rotatable bonds is 6. The van der Waals surface area contributed by atoms with Crippen molar-refractivity contribution in [3.05, 3.63) is 65.7 Å². The number of alkyl halides is 1. The van der Waals surface area contributed by atoms with Gasteiger partial charge in [0, 0.05) is 0 Å². The molecule has 1 atom stereocenters. The van der Waals surface area contributed by atoms with Crippen LogP contribution < -0.4 is 0 Å². The molecule has 0 aromatic heterocycles. The third kappa shape index (κ3) is 6.25. The summed E-state index contributed by atoms with van der Waals surface area (Å²) in [5, 5.41) is 0.0717. The molecule has 2 aromatic carbocycles. The van der Waals surface area contributed by atoms with Crippen LogP contribution in [0.2, 0.25) is 14.8 Å². The van der Waals surface area contributed by atoms with Gasteiger partial charge in [-0.05, 0) is 0 Å². The quantitative estimate of drug-likeness (QED) is 0.303. The Morgan fingerprint density at radius 1 is 0.952 bits per heavy atom. The van der Waals surface area contributed by atoms with Crippen molar-refractivity contribution >= 4 is 41.7 Å². The molecule has 3 heteroatoms. The van der Waals surface area contributed by atoms with Crippen LogP contribution in [0.15, 0.2) is 59.5 Å². The van der Waals surface area contributed by atoms with E-state index < -0.39 is 18.4 Å². The topological polar surface area (TPSA) is 0 Å². The number of benzene rings is 2. The third-order valence-corrected chi connectivity index (χ3v) is 9.10. The van der Waals surface area contributed by atoms with Crippen LogP contribution in [0.3, 0.4) is 0 Å². The van der Waals surface area contributed by atoms with E-state index in [1.807, 2.05) is 17.8 Å². The first-order valence-electron chi connectivity index (χ1n) is 7.35. The van der Waals surface area contributed by atoms with Gasteiger partial charge in [-0.15, -0.1) is 0 Å². The Morgan fingerprint density at radius 2 is 1.57 bits per heavy atom. The SMILES string of the molecule is [CH3][Sn]([CH3])([CH3])[CH2]c1ccc(C(Cl)CSc2ccccc2)cc1. The summed E-state index contributed by atoms with van der Waals surface area (Å²) in [6.07, 6.45) is 0. The minimum atomic E-state index is -1.74. The van der Waals surface area contributed by atoms with Gasteiger partial charge in [-0.1, -0.05) is 0 Å². The molecule has 0 heterocycles. The van der Waals surface area contributed by atoms with E-state index in [9.17, 15) is 0 Å². The third-order valence-electron chi connectivity index (χ3n) is 3.22. The van der Waals surface area contributed by atoms with Gasteiger partial charge in [-0.2, -0.15) is 0 Å². The van der Waals surface area contributed by atoms with Crippen LogP contribution in [0.1, 0.15) is 16.5 Å². The molecule has 0 bridgehead atoms. The summed E-state index contributed by atoms with van der Waals surface area (Å²) >= 11 is 6.61. The van der Waals surface area contributed by atoms with Crippen LogP contribution in [-0.4, -0.2) is 24.1 Å². The molecule has 0 amide bonds. The molecular formula is C18H23ClSSn. The molecule has 0 aliphatic rings. The van der Waals surface area contributed by atoms with Gasteiger partial charge in [0.15, 0.2) is 0 Å². The summed E-state index contributed by atoms with van der Waals surface area (Å²) in [7, 11) is 0. The van der Waals surface area contributed by atoms with Gasteiger partial charge in [-0.25, -0.2) is 0 Å². The molecule has 21 heavy (non-hydrogen) atoms. The van der Waals surface area contributed by atoms with Gasteiger partial charge in [0.25, 0.3) is 0 Å². The van der Waals surface area contributed by atoms with E-state index in [4.69, 9.17) is 11.6 Å². The van der Waals surface area contributed by atoms with Crippen LogP contribution in [-0.2, 0) is 4.44 Å². The molecular weight excluding hydrogens is 402 g/mol. The second kappa shape index (κ2) is 7.94. The molecule has 0 N–H and O–H groups in total. The Kier molecular flexibility index (Phi) is 6.51. The summed E-state index contributed by atoms with van der Waals surface area (Å²) in [6, 6.07) is 19.4. The first-order valence-corrected chi connectivity index (χ1v) is 19.3. The van der Waals surface area contributed by atoms with E-state index in [-0.39, 0.29) is 5.38 Å². The Bertz CT molecular complexity index is 546. The van der Waals surface area contributed by atoms with Gasteiger partial charge in [0.1, 0.15) is 0 Å². The van der Waals surface area contributed by atoms with E-state index in [2.05, 4.69) is 63.3 Å². The summed E-state index contributed by atoms with van der Waals surface area (Å²) < 4.78 is 1.31. The first-order chi connectivity index (χ1) is 9.94. The summed E-state index contributed by atoms with van der Waals surface area (Å²) in [6.45, 7) is 0. The van der Waals surface area contributed by atoms with Crippen LogP contribution in [0.25, 0.3) is 0 Å². The van der Waals surface area contributed by atoms with Crippen molar-refractivity contribution in [1.82, 2.24) is 0 Å². The predicted octanol–water partition coefficient (Wildman–Crippen LogP) is 6.18. The normalized spacial score (nSPS) is 13.1. The Balaban J connectivity index is 1.92. The molecule has 0 aliphatic heterocycles. The van der Waals surface area contributed by atoms with Gasteiger partial charge >= 0.3 is 143 Å². The number of thioether (sulfide) groups is 1. The molecule has 2 aromatic rings. The Hall–Kier alpha value is -0.121. The molecule has 0 radical (unpaired) electrons. The van der Waals surface area contributed by atoms with Crippen molar-refractivity contribution in [1.29, 1.82) is 0 Å². The molecule has 1 unspecified atom stereocenters. The molecule has 0 saturated heterocycles. The average molecular weight is 426 g/mol. The number of halogens is 1. The molecule has 2 rings (SSSR count). The van der Waals surface area contributed by atoms with E-state index in [1.54, 1.807) is 0 Å². The number of hydrogen-bond donors (Lipinski definition) is 0. The maximum atomic E-state index is 6.53. The van der Waals surface area contributed by atoms with E-state index in [1.165, 1.54) is 20.5 Å². The fraction of sp³-hybridized carbons (Fsp3) is 0.333. The molecule has 112 valence electrons. The summed E-state index contributed by atoms with van der Waals surface area (Å²) in [5.41, 5.74) is 2.70. The molecule has 0 fully saturated rings. The predicted molar refractivity (Wildman–Crippen MR) is 99.3 cm³/mol. The first kappa shape index (κ1) is 17.2. The Morgan fingerprint density at radius 3 is 2.14 bits per heavy atom. The second-order valence-electron chi connectivity index (χ2n) is 6.57. The second-order valence-corrected chi connectivity index (χ2v) is 23.8. The van der Waals surface area contributed by atoms with Crippen LogP contribution in [0.4, 0.5) is 0 Å². The molecule has 0 spiro atoms. The minimum absolute atomic E-state index is 0.0717. The van der Waals surface area contributed by atoms with E-state index in [0.29, 0.717) is 0 Å². The van der Waals surface area contributed by atoms with E-state index in [0.717, 1.165) is 5.75 Å². The van der Waals surface area contributed by atoms with Crippen molar-refractivity contribution in [2.24, 2.45) is 0 Å². The fourth-order valence-corrected chi connectivity index (χ4v) is 7.62. The van der Waals surface area contributed by atoms with Crippen molar-refractivity contribution in [3.8, 4) is 0 Å². The van der Waals surface area contributed by atoms with Gasteiger partial charge in [0.05, 0.1) is 0 Å². The van der Waals surface area contributed by atoms with Crippen molar-refractivity contribution in [3.63, 3.8) is 0 Å². The summed E-state index contributed by atoms with van der Waals surface area (Å²) in [4.78, 5) is 8.71. The van der Waals surface area contributed by atoms with E-state index >= 15 is 0 Å². The summed E-state index contributed by atoms with van der Waals surface area (Å²) in [5.74, 6) is 0.906. The van der Waals surface area contributed by atoms with Gasteiger partial charge in [0.2, 0.25) is 0 Å². The van der Waals surface area contributed by atoms with Gasteiger partial charge < -0.3 is 0 Å². The zero-order chi connectivity index (χ0) is 15.3. The van der Waals surface area contributed by atoms with Crippen molar-refractivity contribution in [2.45, 2.75) is 29.5 Å². The zero-order valence-electron chi connectivity index (χ0n) is 13.0. The van der Waals surface area contributed by atoms with Crippen LogP contribution in [0, 0.1) is 0 Å². The van der Waals surface area contributed by atoms with Gasteiger partial charge in [-0.3, -0.25) is 0 Å². The molecule has 0 saturated carbocycles. The average Bonchev–Trinajstić information content (AvgIpc) is 2.45. The fourth-order valence-electron chi connectivity index (χ4n) is 2.24. The van der Waals surface area contributed by atoms with Crippen LogP contribution in [0.5, 0.6) is 0 Å². The van der Waals surface area contributed by atoms with Crippen LogP contribution >= 0.6 is 23.4 Å². The van der Waals surface area contributed by atoms with Crippen molar-refractivity contribution in [2.75, 3.05) is 5.75 Å². The molecule has 0 nitrogen and oxygen atoms in total. The monoisotopic (exact) mass is 426 g/mol. The molecule has 0 aliphatic carbocycles. The Labute approximate surface area is 142 Å². The number of hydrogen-bond acceptors (Lipinski definition) is 1. The standard InChI is InChI=1S/C15H14ClS.3CH3.Sn/c1-12-7-9-13(10-8-12)15(16)11-17-14-5-3-2-4-6-14;;;;/h2-10,15H,1,11H2;3*1H3;. The van der Waals surface area contributed by atoms with Crippen molar-refractivity contribution < 1.29 is 0 Å².